The number of nitrogens with one attached hydrogen (secondary N) is 1. The number of hydrogen-bond acceptors (Lipinski definition) is 5. The fraction of sp³-hybridized carbons (Fsp3) is 0.333. The molecule has 2 heterocycles. The van der Waals surface area contributed by atoms with Gasteiger partial charge in [0.1, 0.15) is 5.01 Å². The van der Waals surface area contributed by atoms with Gasteiger partial charge in [-0.2, -0.15) is 0 Å². The highest BCUT2D eigenvalue weighted by Crippen LogP contribution is 2.23. The lowest BCUT2D eigenvalue weighted by atomic mass is 10.3. The summed E-state index contributed by atoms with van der Waals surface area (Å²) in [6.07, 6.45) is 5.43. The van der Waals surface area contributed by atoms with Gasteiger partial charge in [-0.15, -0.1) is 11.3 Å². The van der Waals surface area contributed by atoms with Crippen molar-refractivity contribution in [3.8, 4) is 10.6 Å². The second-order valence-corrected chi connectivity index (χ2v) is 4.95. The standard InChI is InChI=1S/C12H15N3OS/c1-9(8-16)14-6-11-7-15-12(17-11)10-3-2-4-13-5-10/h2-5,7,9,14,16H,6,8H2,1H3/t9-/m1/s1. The largest absolute Gasteiger partial charge is 0.395 e. The van der Waals surface area contributed by atoms with E-state index >= 15 is 0 Å². The van der Waals surface area contributed by atoms with Gasteiger partial charge in [0, 0.05) is 41.6 Å². The van der Waals surface area contributed by atoms with Crippen molar-refractivity contribution in [2.45, 2.75) is 19.5 Å². The van der Waals surface area contributed by atoms with E-state index in [1.165, 1.54) is 0 Å². The molecule has 0 fully saturated rings. The van der Waals surface area contributed by atoms with Gasteiger partial charge in [0.2, 0.25) is 0 Å². The summed E-state index contributed by atoms with van der Waals surface area (Å²) in [5.41, 5.74) is 1.04. The molecule has 17 heavy (non-hydrogen) atoms. The highest BCUT2D eigenvalue weighted by atomic mass is 32.1. The van der Waals surface area contributed by atoms with Crippen LogP contribution < -0.4 is 5.32 Å². The number of aliphatic hydroxyl groups excluding tert-OH is 1. The first-order chi connectivity index (χ1) is 8.29. The summed E-state index contributed by atoms with van der Waals surface area (Å²) in [5, 5.41) is 13.1. The molecule has 0 aliphatic carbocycles. The van der Waals surface area contributed by atoms with Crippen LogP contribution in [0.2, 0.25) is 0 Å². The molecule has 0 amide bonds. The van der Waals surface area contributed by atoms with Crippen LogP contribution in [0.4, 0.5) is 0 Å². The average Bonchev–Trinajstić information content (AvgIpc) is 2.86. The molecule has 0 aliphatic heterocycles. The minimum absolute atomic E-state index is 0.110. The molecule has 0 aromatic carbocycles. The highest BCUT2D eigenvalue weighted by molar-refractivity contribution is 7.15. The minimum atomic E-state index is 0.110. The van der Waals surface area contributed by atoms with Crippen LogP contribution in [0, 0.1) is 0 Å². The van der Waals surface area contributed by atoms with Crippen molar-refractivity contribution in [1.82, 2.24) is 15.3 Å². The fourth-order valence-electron chi connectivity index (χ4n) is 1.35. The number of rotatable bonds is 5. The molecule has 1 atom stereocenters. The minimum Gasteiger partial charge on any atom is -0.395 e. The van der Waals surface area contributed by atoms with Gasteiger partial charge in [0.05, 0.1) is 6.61 Å². The fourth-order valence-corrected chi connectivity index (χ4v) is 2.20. The van der Waals surface area contributed by atoms with Crippen LogP contribution in [0.3, 0.4) is 0 Å². The third-order valence-electron chi connectivity index (χ3n) is 2.36. The van der Waals surface area contributed by atoms with E-state index in [2.05, 4.69) is 15.3 Å². The first-order valence-electron chi connectivity index (χ1n) is 5.49. The smallest absolute Gasteiger partial charge is 0.125 e. The highest BCUT2D eigenvalue weighted by Gasteiger charge is 2.05. The van der Waals surface area contributed by atoms with Crippen molar-refractivity contribution in [2.75, 3.05) is 6.61 Å². The lowest BCUT2D eigenvalue weighted by Gasteiger charge is -2.08. The second kappa shape index (κ2) is 5.86. The number of hydrogen-bond donors (Lipinski definition) is 2. The van der Waals surface area contributed by atoms with Gasteiger partial charge in [-0.3, -0.25) is 4.98 Å². The van der Waals surface area contributed by atoms with E-state index in [1.807, 2.05) is 31.5 Å². The SMILES string of the molecule is C[C@H](CO)NCc1cnc(-c2cccnc2)s1. The molecule has 0 radical (unpaired) electrons. The molecular weight excluding hydrogens is 234 g/mol. The zero-order chi connectivity index (χ0) is 12.1. The molecule has 5 heteroatoms. The van der Waals surface area contributed by atoms with Crippen LogP contribution in [0.5, 0.6) is 0 Å². The number of thiazole rings is 1. The maximum Gasteiger partial charge on any atom is 0.125 e. The first kappa shape index (κ1) is 12.2. The van der Waals surface area contributed by atoms with Gasteiger partial charge in [-0.25, -0.2) is 4.98 Å². The Kier molecular flexibility index (Phi) is 4.19. The zero-order valence-corrected chi connectivity index (χ0v) is 10.4. The summed E-state index contributed by atoms with van der Waals surface area (Å²) < 4.78 is 0. The van der Waals surface area contributed by atoms with Crippen molar-refractivity contribution in [2.24, 2.45) is 0 Å². The molecule has 2 rings (SSSR count). The maximum atomic E-state index is 8.91. The Morgan fingerprint density at radius 1 is 1.47 bits per heavy atom. The molecule has 4 nitrogen and oxygen atoms in total. The number of aromatic nitrogens is 2. The molecule has 2 N–H and O–H groups in total. The molecule has 2 aromatic heterocycles. The molecule has 0 saturated carbocycles. The Labute approximate surface area is 104 Å². The molecule has 0 spiro atoms. The van der Waals surface area contributed by atoms with Crippen molar-refractivity contribution >= 4 is 11.3 Å². The van der Waals surface area contributed by atoms with Crippen molar-refractivity contribution < 1.29 is 5.11 Å². The molecule has 0 aliphatic rings. The molecule has 0 saturated heterocycles. The van der Waals surface area contributed by atoms with Gasteiger partial charge in [0.15, 0.2) is 0 Å². The molecule has 2 aromatic rings. The normalized spacial score (nSPS) is 12.6. The van der Waals surface area contributed by atoms with E-state index in [-0.39, 0.29) is 12.6 Å². The summed E-state index contributed by atoms with van der Waals surface area (Å²) in [7, 11) is 0. The quantitative estimate of drug-likeness (QED) is 0.846. The van der Waals surface area contributed by atoms with Gasteiger partial charge in [-0.05, 0) is 19.1 Å². The number of nitrogens with zero attached hydrogens (tertiary/aromatic N) is 2. The second-order valence-electron chi connectivity index (χ2n) is 3.84. The van der Waals surface area contributed by atoms with Gasteiger partial charge >= 0.3 is 0 Å². The van der Waals surface area contributed by atoms with E-state index in [4.69, 9.17) is 5.11 Å². The third kappa shape index (κ3) is 3.33. The van der Waals surface area contributed by atoms with E-state index in [0.29, 0.717) is 0 Å². The Bertz CT molecular complexity index is 458. The predicted octanol–water partition coefficient (Wildman–Crippen LogP) is 1.68. The monoisotopic (exact) mass is 249 g/mol. The van der Waals surface area contributed by atoms with E-state index in [0.717, 1.165) is 22.0 Å². The van der Waals surface area contributed by atoms with E-state index < -0.39 is 0 Å². The zero-order valence-electron chi connectivity index (χ0n) is 9.63. The Morgan fingerprint density at radius 3 is 3.06 bits per heavy atom. The van der Waals surface area contributed by atoms with Crippen LogP contribution in [0.1, 0.15) is 11.8 Å². The summed E-state index contributed by atoms with van der Waals surface area (Å²) >= 11 is 1.64. The maximum absolute atomic E-state index is 8.91. The van der Waals surface area contributed by atoms with Crippen LogP contribution in [0.15, 0.2) is 30.7 Å². The van der Waals surface area contributed by atoms with Crippen molar-refractivity contribution in [1.29, 1.82) is 0 Å². The van der Waals surface area contributed by atoms with Crippen LogP contribution in [0.25, 0.3) is 10.6 Å². The molecule has 0 bridgehead atoms. The Morgan fingerprint density at radius 2 is 2.35 bits per heavy atom. The van der Waals surface area contributed by atoms with Gasteiger partial charge in [0.25, 0.3) is 0 Å². The molecule has 90 valence electrons. The summed E-state index contributed by atoms with van der Waals surface area (Å²) in [5.74, 6) is 0. The summed E-state index contributed by atoms with van der Waals surface area (Å²) in [6.45, 7) is 2.83. The van der Waals surface area contributed by atoms with E-state index in [9.17, 15) is 0 Å². The van der Waals surface area contributed by atoms with Crippen molar-refractivity contribution in [3.05, 3.63) is 35.6 Å². The lowest BCUT2D eigenvalue weighted by molar-refractivity contribution is 0.251. The van der Waals surface area contributed by atoms with Crippen LogP contribution >= 0.6 is 11.3 Å². The van der Waals surface area contributed by atoms with Gasteiger partial charge < -0.3 is 10.4 Å². The average molecular weight is 249 g/mol. The van der Waals surface area contributed by atoms with Crippen LogP contribution in [-0.4, -0.2) is 27.7 Å². The van der Waals surface area contributed by atoms with Crippen molar-refractivity contribution in [3.63, 3.8) is 0 Å². The third-order valence-corrected chi connectivity index (χ3v) is 3.41. The Hall–Kier alpha value is -1.30. The van der Waals surface area contributed by atoms with Gasteiger partial charge in [-0.1, -0.05) is 0 Å². The lowest BCUT2D eigenvalue weighted by Crippen LogP contribution is -2.28. The predicted molar refractivity (Wildman–Crippen MR) is 68.7 cm³/mol. The molecular formula is C12H15N3OS. The summed E-state index contributed by atoms with van der Waals surface area (Å²) in [6, 6.07) is 4.01. The topological polar surface area (TPSA) is 58.0 Å². The summed E-state index contributed by atoms with van der Waals surface area (Å²) in [4.78, 5) is 9.60. The number of aliphatic hydroxyl groups is 1. The first-order valence-corrected chi connectivity index (χ1v) is 6.30. The van der Waals surface area contributed by atoms with Crippen LogP contribution in [-0.2, 0) is 6.54 Å². The molecule has 0 unspecified atom stereocenters. The number of pyridine rings is 1. The Balaban J connectivity index is 2.01. The van der Waals surface area contributed by atoms with E-state index in [1.54, 1.807) is 17.5 Å².